The van der Waals surface area contributed by atoms with Gasteiger partial charge in [0.1, 0.15) is 0 Å². The molecule has 0 radical (unpaired) electrons. The van der Waals surface area contributed by atoms with E-state index in [9.17, 15) is 18.0 Å². The van der Waals surface area contributed by atoms with Crippen LogP contribution in [0.2, 0.25) is 0 Å². The molecule has 2 heterocycles. The number of carboxylic acid groups (broad SMARTS) is 1. The molecule has 2 fully saturated rings. The summed E-state index contributed by atoms with van der Waals surface area (Å²) in [7, 11) is -3.17. The standard InChI is InChI=1S/C12H20N2O5S/c1-2-20(18,19)13-5-3-10(4-6-13)14-8-9(12(16)17)7-11(14)15/h9-10H,2-8H2,1H3,(H,16,17). The van der Waals surface area contributed by atoms with Crippen molar-refractivity contribution in [3.05, 3.63) is 0 Å². The lowest BCUT2D eigenvalue weighted by Gasteiger charge is -2.36. The number of piperidine rings is 1. The third-order valence-corrected chi connectivity index (χ3v) is 6.01. The van der Waals surface area contributed by atoms with Gasteiger partial charge >= 0.3 is 5.97 Å². The fourth-order valence-electron chi connectivity index (χ4n) is 2.86. The predicted octanol–water partition coefficient (Wildman–Crippen LogP) is -0.266. The summed E-state index contributed by atoms with van der Waals surface area (Å²) in [4.78, 5) is 24.4. The Kier molecular flexibility index (Phi) is 4.33. The minimum absolute atomic E-state index is 0.0323. The van der Waals surface area contributed by atoms with Crippen molar-refractivity contribution in [3.63, 3.8) is 0 Å². The molecule has 2 saturated heterocycles. The zero-order valence-corrected chi connectivity index (χ0v) is 12.3. The molecule has 8 heteroatoms. The average molecular weight is 304 g/mol. The summed E-state index contributed by atoms with van der Waals surface area (Å²) < 4.78 is 25.0. The second-order valence-corrected chi connectivity index (χ2v) is 7.57. The van der Waals surface area contributed by atoms with E-state index >= 15 is 0 Å². The Morgan fingerprint density at radius 2 is 1.95 bits per heavy atom. The van der Waals surface area contributed by atoms with Gasteiger partial charge in [-0.3, -0.25) is 9.59 Å². The zero-order valence-electron chi connectivity index (χ0n) is 11.5. The molecular formula is C12H20N2O5S. The number of carbonyl (C=O) groups is 2. The molecule has 0 aromatic rings. The number of likely N-dealkylation sites (tertiary alicyclic amines) is 1. The number of amides is 1. The first kappa shape index (κ1) is 15.2. The minimum atomic E-state index is -3.17. The van der Waals surface area contributed by atoms with Crippen LogP contribution >= 0.6 is 0 Å². The first-order chi connectivity index (χ1) is 9.35. The second kappa shape index (κ2) is 5.69. The van der Waals surface area contributed by atoms with Crippen LogP contribution in [-0.2, 0) is 19.6 Å². The molecule has 0 saturated carbocycles. The van der Waals surface area contributed by atoms with E-state index in [2.05, 4.69) is 0 Å². The van der Waals surface area contributed by atoms with Crippen molar-refractivity contribution < 1.29 is 23.1 Å². The highest BCUT2D eigenvalue weighted by Gasteiger charge is 2.39. The third kappa shape index (κ3) is 2.95. The van der Waals surface area contributed by atoms with Gasteiger partial charge in [-0.15, -0.1) is 0 Å². The molecule has 0 spiro atoms. The van der Waals surface area contributed by atoms with E-state index in [4.69, 9.17) is 5.11 Å². The van der Waals surface area contributed by atoms with Gasteiger partial charge in [-0.1, -0.05) is 0 Å². The fraction of sp³-hybridized carbons (Fsp3) is 0.833. The van der Waals surface area contributed by atoms with E-state index in [0.29, 0.717) is 25.9 Å². The Morgan fingerprint density at radius 1 is 1.35 bits per heavy atom. The van der Waals surface area contributed by atoms with E-state index in [-0.39, 0.29) is 30.7 Å². The maximum Gasteiger partial charge on any atom is 0.308 e. The summed E-state index contributed by atoms with van der Waals surface area (Å²) >= 11 is 0. The molecule has 0 aromatic carbocycles. The van der Waals surface area contributed by atoms with E-state index in [0.717, 1.165) is 0 Å². The van der Waals surface area contributed by atoms with Crippen molar-refractivity contribution in [2.24, 2.45) is 5.92 Å². The smallest absolute Gasteiger partial charge is 0.308 e. The highest BCUT2D eigenvalue weighted by molar-refractivity contribution is 7.89. The van der Waals surface area contributed by atoms with Crippen LogP contribution in [0.5, 0.6) is 0 Å². The Labute approximate surface area is 118 Å². The van der Waals surface area contributed by atoms with Gasteiger partial charge in [-0.25, -0.2) is 12.7 Å². The Balaban J connectivity index is 1.95. The van der Waals surface area contributed by atoms with Crippen molar-refractivity contribution in [1.29, 1.82) is 0 Å². The van der Waals surface area contributed by atoms with Gasteiger partial charge in [0.15, 0.2) is 0 Å². The molecule has 1 atom stereocenters. The molecule has 0 bridgehead atoms. The quantitative estimate of drug-likeness (QED) is 0.771. The molecule has 2 aliphatic rings. The van der Waals surface area contributed by atoms with Crippen LogP contribution in [0.1, 0.15) is 26.2 Å². The number of hydrogen-bond donors (Lipinski definition) is 1. The summed E-state index contributed by atoms with van der Waals surface area (Å²) in [5.74, 6) is -1.61. The summed E-state index contributed by atoms with van der Waals surface area (Å²) in [6.45, 7) is 2.67. The van der Waals surface area contributed by atoms with E-state index in [1.54, 1.807) is 11.8 Å². The van der Waals surface area contributed by atoms with Crippen LogP contribution in [-0.4, -0.2) is 66.0 Å². The monoisotopic (exact) mass is 304 g/mol. The zero-order chi connectivity index (χ0) is 14.9. The Hall–Kier alpha value is -1.15. The lowest BCUT2D eigenvalue weighted by Crippen LogP contribution is -2.47. The van der Waals surface area contributed by atoms with Crippen molar-refractivity contribution in [2.45, 2.75) is 32.2 Å². The van der Waals surface area contributed by atoms with Crippen molar-refractivity contribution in [1.82, 2.24) is 9.21 Å². The highest BCUT2D eigenvalue weighted by Crippen LogP contribution is 2.26. The molecule has 2 rings (SSSR count). The van der Waals surface area contributed by atoms with Gasteiger partial charge in [0.25, 0.3) is 0 Å². The Bertz CT molecular complexity index is 496. The number of nitrogens with zero attached hydrogens (tertiary/aromatic N) is 2. The summed E-state index contributed by atoms with van der Waals surface area (Å²) in [5.41, 5.74) is 0. The minimum Gasteiger partial charge on any atom is -0.481 e. The summed E-state index contributed by atoms with van der Waals surface area (Å²) in [6.07, 6.45) is 1.22. The first-order valence-corrected chi connectivity index (χ1v) is 8.46. The lowest BCUT2D eigenvalue weighted by molar-refractivity contribution is -0.141. The van der Waals surface area contributed by atoms with E-state index in [1.165, 1.54) is 4.31 Å². The molecule has 20 heavy (non-hydrogen) atoms. The van der Waals surface area contributed by atoms with Crippen LogP contribution in [0.3, 0.4) is 0 Å². The SMILES string of the molecule is CCS(=O)(=O)N1CCC(N2CC(C(=O)O)CC2=O)CC1. The largest absolute Gasteiger partial charge is 0.481 e. The molecule has 0 aromatic heterocycles. The van der Waals surface area contributed by atoms with Gasteiger partial charge in [-0.05, 0) is 19.8 Å². The number of aliphatic carboxylic acids is 1. The van der Waals surface area contributed by atoms with Crippen LogP contribution in [0.25, 0.3) is 0 Å². The molecule has 1 N–H and O–H groups in total. The van der Waals surface area contributed by atoms with E-state index < -0.39 is 21.9 Å². The number of hydrogen-bond acceptors (Lipinski definition) is 4. The molecule has 2 aliphatic heterocycles. The summed E-state index contributed by atoms with van der Waals surface area (Å²) in [6, 6.07) is -0.0323. The maximum absolute atomic E-state index is 11.9. The molecule has 1 amide bonds. The average Bonchev–Trinajstić information content (AvgIpc) is 2.81. The second-order valence-electron chi connectivity index (χ2n) is 5.32. The molecule has 114 valence electrons. The van der Waals surface area contributed by atoms with Crippen molar-refractivity contribution in [2.75, 3.05) is 25.4 Å². The fourth-order valence-corrected chi connectivity index (χ4v) is 4.00. The number of rotatable bonds is 4. The Morgan fingerprint density at radius 3 is 2.40 bits per heavy atom. The predicted molar refractivity (Wildman–Crippen MR) is 71.5 cm³/mol. The first-order valence-electron chi connectivity index (χ1n) is 6.85. The lowest BCUT2D eigenvalue weighted by atomic mass is 10.1. The van der Waals surface area contributed by atoms with Gasteiger partial charge in [0.2, 0.25) is 15.9 Å². The van der Waals surface area contributed by atoms with E-state index in [1.807, 2.05) is 0 Å². The van der Waals surface area contributed by atoms with Crippen LogP contribution in [0.4, 0.5) is 0 Å². The van der Waals surface area contributed by atoms with Gasteiger partial charge in [-0.2, -0.15) is 0 Å². The van der Waals surface area contributed by atoms with Gasteiger partial charge in [0, 0.05) is 32.1 Å². The molecular weight excluding hydrogens is 284 g/mol. The number of carboxylic acids is 1. The highest BCUT2D eigenvalue weighted by atomic mass is 32.2. The number of sulfonamides is 1. The normalized spacial score (nSPS) is 26.1. The number of carbonyl (C=O) groups excluding carboxylic acids is 1. The molecule has 7 nitrogen and oxygen atoms in total. The van der Waals surface area contributed by atoms with Crippen LogP contribution < -0.4 is 0 Å². The van der Waals surface area contributed by atoms with Gasteiger partial charge < -0.3 is 10.0 Å². The summed E-state index contributed by atoms with van der Waals surface area (Å²) in [5, 5.41) is 8.96. The molecule has 0 aliphatic carbocycles. The van der Waals surface area contributed by atoms with Gasteiger partial charge in [0.05, 0.1) is 11.7 Å². The molecule has 1 unspecified atom stereocenters. The topological polar surface area (TPSA) is 95.0 Å². The maximum atomic E-state index is 11.9. The van der Waals surface area contributed by atoms with Crippen LogP contribution in [0.15, 0.2) is 0 Å². The van der Waals surface area contributed by atoms with Crippen molar-refractivity contribution in [3.8, 4) is 0 Å². The van der Waals surface area contributed by atoms with Crippen LogP contribution in [0, 0.1) is 5.92 Å². The van der Waals surface area contributed by atoms with Crippen molar-refractivity contribution >= 4 is 21.9 Å². The third-order valence-electron chi connectivity index (χ3n) is 4.13.